The zero-order valence-corrected chi connectivity index (χ0v) is 13.3. The Hall–Kier alpha value is 0.740. The molecule has 0 saturated heterocycles. The van der Waals surface area contributed by atoms with Gasteiger partial charge in [-0.25, -0.2) is 0 Å². The predicted molar refractivity (Wildman–Crippen MR) is 82.1 cm³/mol. The Kier molecular flexibility index (Phi) is 17.5. The molecule has 0 aliphatic heterocycles. The van der Waals surface area contributed by atoms with E-state index in [1.807, 2.05) is 0 Å². The van der Waals surface area contributed by atoms with Crippen molar-refractivity contribution in [3.05, 3.63) is 0 Å². The summed E-state index contributed by atoms with van der Waals surface area (Å²) in [6, 6.07) is 0. The summed E-state index contributed by atoms with van der Waals surface area (Å²) in [6.45, 7) is 5.64. The van der Waals surface area contributed by atoms with Crippen LogP contribution in [0.15, 0.2) is 0 Å². The van der Waals surface area contributed by atoms with E-state index >= 15 is 0 Å². The molecular weight excluding hydrogens is 252 g/mol. The molecule has 0 heterocycles. The van der Waals surface area contributed by atoms with Crippen molar-refractivity contribution in [3.8, 4) is 0 Å². The highest BCUT2D eigenvalue weighted by atomic mass is 31.0. The summed E-state index contributed by atoms with van der Waals surface area (Å²) in [7, 11) is 5.43. The van der Waals surface area contributed by atoms with Gasteiger partial charge >= 0.3 is 0 Å². The summed E-state index contributed by atoms with van der Waals surface area (Å²) in [5.74, 6) is 0. The minimum Gasteiger partial charge on any atom is -0.381 e. The van der Waals surface area contributed by atoms with Crippen molar-refractivity contribution in [3.63, 3.8) is 0 Å². The van der Waals surface area contributed by atoms with Crippen molar-refractivity contribution in [1.82, 2.24) is 5.32 Å². The van der Waals surface area contributed by atoms with Gasteiger partial charge in [-0.05, 0) is 51.1 Å². The van der Waals surface area contributed by atoms with Gasteiger partial charge in [-0.3, -0.25) is 0 Å². The van der Waals surface area contributed by atoms with Gasteiger partial charge in [-0.1, -0.05) is 0 Å². The van der Waals surface area contributed by atoms with Crippen LogP contribution in [0.2, 0.25) is 0 Å². The molecule has 0 amide bonds. The molecular formula is C12H29NO2P2. The van der Waals surface area contributed by atoms with Crippen LogP contribution in [0.5, 0.6) is 0 Å². The summed E-state index contributed by atoms with van der Waals surface area (Å²) in [6.07, 6.45) is 6.76. The Morgan fingerprint density at radius 3 is 1.47 bits per heavy atom. The van der Waals surface area contributed by atoms with Gasteiger partial charge in [0.1, 0.15) is 0 Å². The Morgan fingerprint density at radius 1 is 0.647 bits per heavy atom. The zero-order valence-electron chi connectivity index (χ0n) is 11.0. The second kappa shape index (κ2) is 16.7. The van der Waals surface area contributed by atoms with Gasteiger partial charge in [0.05, 0.1) is 0 Å². The van der Waals surface area contributed by atoms with Crippen LogP contribution >= 0.6 is 18.5 Å². The van der Waals surface area contributed by atoms with E-state index in [4.69, 9.17) is 9.47 Å². The second-order valence-corrected chi connectivity index (χ2v) is 5.12. The maximum atomic E-state index is 5.47. The summed E-state index contributed by atoms with van der Waals surface area (Å²) in [5.41, 5.74) is 0. The second-order valence-electron chi connectivity index (χ2n) is 3.97. The molecule has 0 bridgehead atoms. The van der Waals surface area contributed by atoms with Crippen LogP contribution in [0.25, 0.3) is 0 Å². The van der Waals surface area contributed by atoms with Crippen LogP contribution in [0, 0.1) is 0 Å². The fourth-order valence-electron chi connectivity index (χ4n) is 1.30. The van der Waals surface area contributed by atoms with Crippen LogP contribution in [-0.2, 0) is 9.47 Å². The van der Waals surface area contributed by atoms with Gasteiger partial charge in [0.2, 0.25) is 0 Å². The molecule has 0 aromatic rings. The third-order valence-electron chi connectivity index (χ3n) is 2.27. The van der Waals surface area contributed by atoms with Gasteiger partial charge in [0.25, 0.3) is 0 Å². The van der Waals surface area contributed by atoms with Gasteiger partial charge in [0, 0.05) is 26.4 Å². The van der Waals surface area contributed by atoms with Gasteiger partial charge in [-0.15, -0.1) is 18.5 Å². The molecule has 17 heavy (non-hydrogen) atoms. The molecule has 1 N–H and O–H groups in total. The number of nitrogens with one attached hydrogen (secondary N) is 1. The maximum absolute atomic E-state index is 5.47. The fourth-order valence-corrected chi connectivity index (χ4v) is 1.63. The SMILES string of the molecule is PCCCOCCCNCCCOCCCP. The number of hydrogen-bond donors (Lipinski definition) is 1. The van der Waals surface area contributed by atoms with Crippen molar-refractivity contribution < 1.29 is 9.47 Å². The minimum absolute atomic E-state index is 0.877. The molecule has 0 saturated carbocycles. The Balaban J connectivity index is 2.85. The van der Waals surface area contributed by atoms with Crippen LogP contribution in [0.3, 0.4) is 0 Å². The summed E-state index contributed by atoms with van der Waals surface area (Å²) < 4.78 is 10.9. The zero-order chi connectivity index (χ0) is 12.6. The highest BCUT2D eigenvalue weighted by Crippen LogP contribution is 1.91. The van der Waals surface area contributed by atoms with E-state index in [2.05, 4.69) is 23.8 Å². The van der Waals surface area contributed by atoms with Gasteiger partial charge in [-0.2, -0.15) is 0 Å². The summed E-state index contributed by atoms with van der Waals surface area (Å²) >= 11 is 0. The first-order valence-electron chi connectivity index (χ1n) is 6.68. The van der Waals surface area contributed by atoms with Gasteiger partial charge < -0.3 is 14.8 Å². The van der Waals surface area contributed by atoms with E-state index in [1.165, 1.54) is 0 Å². The Labute approximate surface area is 111 Å². The molecule has 2 unspecified atom stereocenters. The molecule has 3 nitrogen and oxygen atoms in total. The standard InChI is InChI=1S/C12H29NO2P2/c16-11-3-9-14-7-1-5-13-6-2-8-15-10-4-12-17/h13H,1-12,16-17H2. The highest BCUT2D eigenvalue weighted by Gasteiger charge is 1.91. The predicted octanol–water partition coefficient (Wildman–Crippen LogP) is 1.92. The minimum atomic E-state index is 0.877. The van der Waals surface area contributed by atoms with E-state index in [0.717, 1.165) is 77.5 Å². The molecule has 5 heteroatoms. The third kappa shape index (κ3) is 16.7. The monoisotopic (exact) mass is 281 g/mol. The van der Waals surface area contributed by atoms with Crippen LogP contribution in [-0.4, -0.2) is 51.8 Å². The average Bonchev–Trinajstić information content (AvgIpc) is 2.35. The van der Waals surface area contributed by atoms with Crippen molar-refractivity contribution in [1.29, 1.82) is 0 Å². The van der Waals surface area contributed by atoms with Crippen molar-refractivity contribution in [2.24, 2.45) is 0 Å². The molecule has 0 aliphatic carbocycles. The lowest BCUT2D eigenvalue weighted by atomic mass is 10.4. The molecule has 104 valence electrons. The van der Waals surface area contributed by atoms with Gasteiger partial charge in [0.15, 0.2) is 0 Å². The maximum Gasteiger partial charge on any atom is 0.0478 e. The molecule has 2 atom stereocenters. The highest BCUT2D eigenvalue weighted by molar-refractivity contribution is 7.16. The third-order valence-corrected chi connectivity index (χ3v) is 3.09. The normalized spacial score (nSPS) is 10.9. The molecule has 0 aromatic carbocycles. The summed E-state index contributed by atoms with van der Waals surface area (Å²) in [4.78, 5) is 0. The first kappa shape index (κ1) is 17.7. The first-order valence-corrected chi connectivity index (χ1v) is 8.31. The van der Waals surface area contributed by atoms with E-state index in [1.54, 1.807) is 0 Å². The van der Waals surface area contributed by atoms with Crippen LogP contribution < -0.4 is 5.32 Å². The molecule has 0 spiro atoms. The van der Waals surface area contributed by atoms with E-state index < -0.39 is 0 Å². The van der Waals surface area contributed by atoms with Crippen LogP contribution in [0.1, 0.15) is 25.7 Å². The largest absolute Gasteiger partial charge is 0.381 e. The summed E-state index contributed by atoms with van der Waals surface area (Å²) in [5, 5.41) is 3.40. The number of ether oxygens (including phenoxy) is 2. The first-order chi connectivity index (χ1) is 8.41. The fraction of sp³-hybridized carbons (Fsp3) is 1.00. The topological polar surface area (TPSA) is 30.5 Å². The average molecular weight is 281 g/mol. The van der Waals surface area contributed by atoms with Crippen LogP contribution in [0.4, 0.5) is 0 Å². The van der Waals surface area contributed by atoms with Crippen molar-refractivity contribution >= 4 is 18.5 Å². The Morgan fingerprint density at radius 2 is 1.06 bits per heavy atom. The van der Waals surface area contributed by atoms with E-state index in [-0.39, 0.29) is 0 Å². The molecule has 0 rings (SSSR count). The number of hydrogen-bond acceptors (Lipinski definition) is 3. The van der Waals surface area contributed by atoms with Crippen molar-refractivity contribution in [2.75, 3.05) is 51.8 Å². The lowest BCUT2D eigenvalue weighted by Gasteiger charge is -2.06. The smallest absolute Gasteiger partial charge is 0.0478 e. The lowest BCUT2D eigenvalue weighted by Crippen LogP contribution is -2.19. The lowest BCUT2D eigenvalue weighted by molar-refractivity contribution is 0.128. The van der Waals surface area contributed by atoms with E-state index in [9.17, 15) is 0 Å². The Bertz CT molecular complexity index is 126. The number of rotatable bonds is 14. The molecule has 0 fully saturated rings. The molecule has 0 aliphatic rings. The quantitative estimate of drug-likeness (QED) is 0.390. The van der Waals surface area contributed by atoms with Crippen molar-refractivity contribution in [2.45, 2.75) is 25.7 Å². The molecule has 0 aromatic heterocycles. The van der Waals surface area contributed by atoms with E-state index in [0.29, 0.717) is 0 Å². The molecule has 0 radical (unpaired) electrons.